The lowest BCUT2D eigenvalue weighted by Crippen LogP contribution is -2.20. The predicted octanol–water partition coefficient (Wildman–Crippen LogP) is 3.63. The van der Waals surface area contributed by atoms with Gasteiger partial charge in [-0.2, -0.15) is 13.2 Å². The number of sulfone groups is 1. The van der Waals surface area contributed by atoms with Gasteiger partial charge in [-0.1, -0.05) is 17.8 Å². The maximum absolute atomic E-state index is 13.2. The Kier molecular flexibility index (Phi) is 6.88. The molecule has 0 radical (unpaired) electrons. The van der Waals surface area contributed by atoms with Crippen molar-refractivity contribution in [1.82, 2.24) is 9.97 Å². The summed E-state index contributed by atoms with van der Waals surface area (Å²) in [7, 11) is -4.61. The minimum absolute atomic E-state index is 0.0107. The standard InChI is InChI=1S/C19H12F5N3O4S2/c20-13-5-4-11(7-14(13)21)26-16(28)9-32-18-25-8-15(17(29)27-18)33(30,31)12-3-1-2-10(6-12)19(22,23)24/h1-8H,9H2,(H,26,28)(H,25,27,29). The van der Waals surface area contributed by atoms with Crippen LogP contribution in [-0.2, 0) is 20.8 Å². The van der Waals surface area contributed by atoms with E-state index in [0.29, 0.717) is 30.1 Å². The molecule has 33 heavy (non-hydrogen) atoms. The van der Waals surface area contributed by atoms with Crippen LogP contribution in [0, 0.1) is 11.6 Å². The Morgan fingerprint density at radius 1 is 1.09 bits per heavy atom. The van der Waals surface area contributed by atoms with Gasteiger partial charge >= 0.3 is 6.18 Å². The number of amides is 1. The summed E-state index contributed by atoms with van der Waals surface area (Å²) in [5, 5.41) is 2.15. The second-order valence-corrected chi connectivity index (χ2v) is 9.26. The summed E-state index contributed by atoms with van der Waals surface area (Å²) >= 11 is 0.700. The topological polar surface area (TPSA) is 109 Å². The average molecular weight is 505 g/mol. The van der Waals surface area contributed by atoms with Crippen LogP contribution in [0.4, 0.5) is 27.6 Å². The number of rotatable bonds is 6. The SMILES string of the molecule is O=C(CSc1ncc(S(=O)(=O)c2cccc(C(F)(F)F)c2)c(=O)[nH]1)Nc1ccc(F)c(F)c1. The minimum atomic E-state index is -4.78. The van der Waals surface area contributed by atoms with Crippen LogP contribution < -0.4 is 10.9 Å². The van der Waals surface area contributed by atoms with Gasteiger partial charge in [-0.25, -0.2) is 22.2 Å². The molecule has 0 fully saturated rings. The third-order valence-electron chi connectivity index (χ3n) is 4.05. The number of nitrogens with zero attached hydrogens (tertiary/aromatic N) is 1. The highest BCUT2D eigenvalue weighted by Crippen LogP contribution is 2.31. The first-order valence-electron chi connectivity index (χ1n) is 8.77. The predicted molar refractivity (Wildman–Crippen MR) is 107 cm³/mol. The Bertz CT molecular complexity index is 1370. The van der Waals surface area contributed by atoms with Crippen molar-refractivity contribution in [2.45, 2.75) is 21.1 Å². The van der Waals surface area contributed by atoms with E-state index < -0.39 is 54.5 Å². The van der Waals surface area contributed by atoms with Gasteiger partial charge in [0.15, 0.2) is 21.7 Å². The number of alkyl halides is 3. The summed E-state index contributed by atoms with van der Waals surface area (Å²) < 4.78 is 89.9. The number of thioether (sulfide) groups is 1. The highest BCUT2D eigenvalue weighted by molar-refractivity contribution is 7.99. The van der Waals surface area contributed by atoms with Crippen molar-refractivity contribution in [3.8, 4) is 0 Å². The van der Waals surface area contributed by atoms with E-state index >= 15 is 0 Å². The Balaban J connectivity index is 1.74. The molecule has 174 valence electrons. The van der Waals surface area contributed by atoms with Crippen LogP contribution in [0.5, 0.6) is 0 Å². The second-order valence-electron chi connectivity index (χ2n) is 6.38. The molecular formula is C19H12F5N3O4S2. The molecular weight excluding hydrogens is 493 g/mol. The first kappa shape index (κ1) is 24.4. The van der Waals surface area contributed by atoms with Crippen LogP contribution in [0.15, 0.2) is 68.4 Å². The van der Waals surface area contributed by atoms with E-state index in [1.807, 2.05) is 0 Å². The zero-order valence-corrected chi connectivity index (χ0v) is 17.7. The molecule has 3 aromatic rings. The van der Waals surface area contributed by atoms with E-state index in [1.54, 1.807) is 0 Å². The molecule has 0 aliphatic heterocycles. The van der Waals surface area contributed by atoms with E-state index in [-0.39, 0.29) is 16.6 Å². The molecule has 0 saturated heterocycles. The van der Waals surface area contributed by atoms with Crippen molar-refractivity contribution in [3.63, 3.8) is 0 Å². The third-order valence-corrected chi connectivity index (χ3v) is 6.68. The monoisotopic (exact) mass is 505 g/mol. The van der Waals surface area contributed by atoms with Gasteiger partial charge in [0.1, 0.15) is 0 Å². The highest BCUT2D eigenvalue weighted by Gasteiger charge is 2.32. The summed E-state index contributed by atoms with van der Waals surface area (Å²) in [6.07, 6.45) is -4.11. The van der Waals surface area contributed by atoms with Crippen LogP contribution in [0.3, 0.4) is 0 Å². The summed E-state index contributed by atoms with van der Waals surface area (Å²) in [6.45, 7) is 0. The van der Waals surface area contributed by atoms with Crippen LogP contribution in [0.1, 0.15) is 5.56 Å². The quantitative estimate of drug-likeness (QED) is 0.301. The molecule has 0 atom stereocenters. The van der Waals surface area contributed by atoms with Gasteiger partial charge in [0, 0.05) is 11.8 Å². The number of nitrogens with one attached hydrogen (secondary N) is 2. The van der Waals surface area contributed by atoms with E-state index in [2.05, 4.69) is 15.3 Å². The van der Waals surface area contributed by atoms with Gasteiger partial charge in [0.25, 0.3) is 5.56 Å². The lowest BCUT2D eigenvalue weighted by Gasteiger charge is -2.09. The molecule has 1 aromatic heterocycles. The summed E-state index contributed by atoms with van der Waals surface area (Å²) in [6, 6.07) is 5.62. The largest absolute Gasteiger partial charge is 0.416 e. The van der Waals surface area contributed by atoms with Crippen molar-refractivity contribution in [1.29, 1.82) is 0 Å². The number of carbonyl (C=O) groups is 1. The molecule has 0 spiro atoms. The third kappa shape index (κ3) is 5.76. The molecule has 3 rings (SSSR count). The van der Waals surface area contributed by atoms with Gasteiger partial charge < -0.3 is 10.3 Å². The van der Waals surface area contributed by atoms with E-state index in [1.165, 1.54) is 0 Å². The number of hydrogen-bond donors (Lipinski definition) is 2. The Hall–Kier alpha value is -3.26. The molecule has 0 bridgehead atoms. The van der Waals surface area contributed by atoms with Gasteiger partial charge in [-0.3, -0.25) is 9.59 Å². The molecule has 0 aliphatic carbocycles. The molecule has 2 aromatic carbocycles. The zero-order valence-electron chi connectivity index (χ0n) is 16.1. The Morgan fingerprint density at radius 3 is 2.45 bits per heavy atom. The lowest BCUT2D eigenvalue weighted by molar-refractivity contribution is -0.137. The molecule has 0 aliphatic rings. The Morgan fingerprint density at radius 2 is 1.82 bits per heavy atom. The molecule has 0 unspecified atom stereocenters. The number of anilines is 1. The smallest absolute Gasteiger partial charge is 0.325 e. The highest BCUT2D eigenvalue weighted by atomic mass is 32.2. The van der Waals surface area contributed by atoms with Crippen LogP contribution in [0.25, 0.3) is 0 Å². The number of halogens is 5. The molecule has 1 heterocycles. The van der Waals surface area contributed by atoms with Gasteiger partial charge in [-0.05, 0) is 30.3 Å². The molecule has 0 saturated carbocycles. The average Bonchev–Trinajstić information content (AvgIpc) is 2.74. The van der Waals surface area contributed by atoms with E-state index in [4.69, 9.17) is 0 Å². The van der Waals surface area contributed by atoms with Crippen molar-refractivity contribution in [2.24, 2.45) is 0 Å². The number of benzene rings is 2. The van der Waals surface area contributed by atoms with Crippen LogP contribution in [0.2, 0.25) is 0 Å². The van der Waals surface area contributed by atoms with Crippen molar-refractivity contribution < 1.29 is 35.2 Å². The maximum atomic E-state index is 13.2. The van der Waals surface area contributed by atoms with Crippen molar-refractivity contribution in [3.05, 3.63) is 76.2 Å². The van der Waals surface area contributed by atoms with Gasteiger partial charge in [-0.15, -0.1) is 0 Å². The van der Waals surface area contributed by atoms with Gasteiger partial charge in [0.2, 0.25) is 15.7 Å². The molecule has 14 heteroatoms. The molecule has 2 N–H and O–H groups in total. The number of aromatic nitrogens is 2. The molecule has 7 nitrogen and oxygen atoms in total. The summed E-state index contributed by atoms with van der Waals surface area (Å²) in [5.74, 6) is -3.25. The fraction of sp³-hybridized carbons (Fsp3) is 0.105. The minimum Gasteiger partial charge on any atom is -0.325 e. The maximum Gasteiger partial charge on any atom is 0.416 e. The zero-order chi connectivity index (χ0) is 24.4. The lowest BCUT2D eigenvalue weighted by atomic mass is 10.2. The van der Waals surface area contributed by atoms with E-state index in [0.717, 1.165) is 30.3 Å². The van der Waals surface area contributed by atoms with Crippen LogP contribution >= 0.6 is 11.8 Å². The van der Waals surface area contributed by atoms with Crippen molar-refractivity contribution >= 4 is 33.2 Å². The molecule has 1 amide bonds. The summed E-state index contributed by atoms with van der Waals surface area (Å²) in [4.78, 5) is 28.4. The van der Waals surface area contributed by atoms with Gasteiger partial charge in [0.05, 0.1) is 22.4 Å². The number of hydrogen-bond acceptors (Lipinski definition) is 6. The van der Waals surface area contributed by atoms with Crippen LogP contribution in [-0.4, -0.2) is 30.0 Å². The normalized spacial score (nSPS) is 11.9. The first-order chi connectivity index (χ1) is 15.4. The number of carbonyl (C=O) groups excluding carboxylic acids is 1. The Labute approximate surface area is 187 Å². The second kappa shape index (κ2) is 9.31. The van der Waals surface area contributed by atoms with E-state index in [9.17, 15) is 40.0 Å². The first-order valence-corrected chi connectivity index (χ1v) is 11.2. The fourth-order valence-electron chi connectivity index (χ4n) is 2.50. The fourth-order valence-corrected chi connectivity index (χ4v) is 4.42. The summed E-state index contributed by atoms with van der Waals surface area (Å²) in [5.41, 5.74) is -2.36. The number of H-pyrrole nitrogens is 1. The number of aromatic amines is 1. The van der Waals surface area contributed by atoms with Crippen molar-refractivity contribution in [2.75, 3.05) is 11.1 Å².